The fraction of sp³-hybridized carbons (Fsp3) is 0.0417. The Morgan fingerprint density at radius 2 is 1.66 bits per heavy atom. The second-order valence-corrected chi connectivity index (χ2v) is 6.56. The van der Waals surface area contributed by atoms with Crippen molar-refractivity contribution in [3.05, 3.63) is 102 Å². The lowest BCUT2D eigenvalue weighted by atomic mass is 10.1. The summed E-state index contributed by atoms with van der Waals surface area (Å²) in [5.41, 5.74) is 4.13. The summed E-state index contributed by atoms with van der Waals surface area (Å²) in [5.74, 6) is 0.737. The van der Waals surface area contributed by atoms with Gasteiger partial charge < -0.3 is 10.1 Å². The van der Waals surface area contributed by atoms with Gasteiger partial charge in [-0.3, -0.25) is 4.79 Å². The van der Waals surface area contributed by atoms with Crippen LogP contribution < -0.4 is 10.1 Å². The molecule has 0 bridgehead atoms. The summed E-state index contributed by atoms with van der Waals surface area (Å²) in [6, 6.07) is 26.2. The molecule has 0 fully saturated rings. The number of rotatable bonds is 5. The zero-order chi connectivity index (χ0) is 20.1. The molecule has 4 rings (SSSR count). The second-order valence-electron chi connectivity index (χ2n) is 6.56. The van der Waals surface area contributed by atoms with Gasteiger partial charge in [-0.25, -0.2) is 9.97 Å². The number of hydrogen-bond donors (Lipinski definition) is 1. The number of aromatic nitrogens is 2. The van der Waals surface area contributed by atoms with E-state index in [2.05, 4.69) is 15.3 Å². The van der Waals surface area contributed by atoms with Crippen LogP contribution in [0.5, 0.6) is 11.6 Å². The van der Waals surface area contributed by atoms with E-state index in [-0.39, 0.29) is 5.91 Å². The number of nitrogens with zero attached hydrogens (tertiary/aromatic N) is 2. The van der Waals surface area contributed by atoms with Gasteiger partial charge in [0.05, 0.1) is 5.69 Å². The van der Waals surface area contributed by atoms with E-state index in [1.807, 2.05) is 61.5 Å². The highest BCUT2D eigenvalue weighted by Gasteiger charge is 2.09. The largest absolute Gasteiger partial charge is 0.439 e. The van der Waals surface area contributed by atoms with Crippen LogP contribution in [0.15, 0.2) is 91.3 Å². The van der Waals surface area contributed by atoms with Crippen molar-refractivity contribution >= 4 is 11.6 Å². The van der Waals surface area contributed by atoms with E-state index in [4.69, 9.17) is 4.74 Å². The molecule has 0 unspecified atom stereocenters. The first-order valence-corrected chi connectivity index (χ1v) is 9.21. The number of carbonyl (C=O) groups excluding carboxylic acids is 1. The number of ether oxygens (including phenoxy) is 1. The summed E-state index contributed by atoms with van der Waals surface area (Å²) >= 11 is 0. The van der Waals surface area contributed by atoms with Gasteiger partial charge in [0, 0.05) is 22.9 Å². The van der Waals surface area contributed by atoms with Gasteiger partial charge in [0.15, 0.2) is 0 Å². The van der Waals surface area contributed by atoms with E-state index < -0.39 is 0 Å². The van der Waals surface area contributed by atoms with Gasteiger partial charge in [-0.2, -0.15) is 0 Å². The molecule has 1 aromatic heterocycles. The summed E-state index contributed by atoms with van der Waals surface area (Å²) in [6.45, 7) is 2.00. The van der Waals surface area contributed by atoms with E-state index in [0.29, 0.717) is 17.2 Å². The summed E-state index contributed by atoms with van der Waals surface area (Å²) in [5, 5.41) is 2.89. The van der Waals surface area contributed by atoms with Crippen LogP contribution in [-0.4, -0.2) is 15.9 Å². The number of carbonyl (C=O) groups is 1. The van der Waals surface area contributed by atoms with Crippen LogP contribution in [0.25, 0.3) is 11.3 Å². The lowest BCUT2D eigenvalue weighted by Gasteiger charge is -2.09. The number of amides is 1. The van der Waals surface area contributed by atoms with E-state index in [1.54, 1.807) is 30.3 Å². The predicted molar refractivity (Wildman–Crippen MR) is 113 cm³/mol. The summed E-state index contributed by atoms with van der Waals surface area (Å²) in [7, 11) is 0. The Morgan fingerprint density at radius 3 is 2.45 bits per heavy atom. The van der Waals surface area contributed by atoms with Crippen molar-refractivity contribution in [1.29, 1.82) is 0 Å². The van der Waals surface area contributed by atoms with Gasteiger partial charge >= 0.3 is 0 Å². The third-order valence-corrected chi connectivity index (χ3v) is 4.34. The molecule has 1 amide bonds. The van der Waals surface area contributed by atoms with Gasteiger partial charge in [0.2, 0.25) is 5.88 Å². The zero-order valence-corrected chi connectivity index (χ0v) is 15.9. The third-order valence-electron chi connectivity index (χ3n) is 4.34. The topological polar surface area (TPSA) is 64.1 Å². The molecule has 5 nitrogen and oxygen atoms in total. The number of anilines is 1. The van der Waals surface area contributed by atoms with Crippen LogP contribution in [0.1, 0.15) is 15.9 Å². The SMILES string of the molecule is Cc1ccc(NC(=O)c2cccc(Oc3cc(-c4ccccc4)ncn3)c2)cc1. The highest BCUT2D eigenvalue weighted by Crippen LogP contribution is 2.24. The molecular weight excluding hydrogens is 362 g/mol. The Bertz CT molecular complexity index is 1130. The molecule has 0 aliphatic heterocycles. The number of aryl methyl sites for hydroxylation is 1. The van der Waals surface area contributed by atoms with E-state index >= 15 is 0 Å². The first-order chi connectivity index (χ1) is 14.2. The minimum atomic E-state index is -0.202. The molecule has 142 valence electrons. The summed E-state index contributed by atoms with van der Waals surface area (Å²) in [4.78, 5) is 21.0. The fourth-order valence-corrected chi connectivity index (χ4v) is 2.82. The predicted octanol–water partition coefficient (Wildman–Crippen LogP) is 5.50. The first kappa shape index (κ1) is 18.4. The molecule has 1 N–H and O–H groups in total. The average Bonchev–Trinajstić information content (AvgIpc) is 2.76. The summed E-state index contributed by atoms with van der Waals surface area (Å²) < 4.78 is 5.87. The van der Waals surface area contributed by atoms with Crippen molar-refractivity contribution in [2.24, 2.45) is 0 Å². The van der Waals surface area contributed by atoms with Crippen LogP contribution in [0, 0.1) is 6.92 Å². The molecule has 1 heterocycles. The number of benzene rings is 3. The van der Waals surface area contributed by atoms with Crippen LogP contribution in [0.3, 0.4) is 0 Å². The minimum absolute atomic E-state index is 0.202. The van der Waals surface area contributed by atoms with E-state index in [9.17, 15) is 4.79 Å². The molecule has 29 heavy (non-hydrogen) atoms. The molecule has 0 saturated heterocycles. The Morgan fingerprint density at radius 1 is 0.862 bits per heavy atom. The minimum Gasteiger partial charge on any atom is -0.439 e. The Kier molecular flexibility index (Phi) is 5.29. The van der Waals surface area contributed by atoms with Crippen LogP contribution in [-0.2, 0) is 0 Å². The smallest absolute Gasteiger partial charge is 0.255 e. The Balaban J connectivity index is 1.50. The van der Waals surface area contributed by atoms with Gasteiger partial charge in [0.25, 0.3) is 5.91 Å². The third kappa shape index (κ3) is 4.65. The molecular formula is C24H19N3O2. The van der Waals surface area contributed by atoms with Crippen LogP contribution in [0.4, 0.5) is 5.69 Å². The molecule has 0 aliphatic rings. The maximum atomic E-state index is 12.6. The zero-order valence-electron chi connectivity index (χ0n) is 15.9. The monoisotopic (exact) mass is 381 g/mol. The standard InChI is InChI=1S/C24H19N3O2/c1-17-10-12-20(13-11-17)27-24(28)19-8-5-9-21(14-19)29-23-15-22(25-16-26-23)18-6-3-2-4-7-18/h2-16H,1H3,(H,27,28). The van der Waals surface area contributed by atoms with Crippen molar-refractivity contribution in [2.75, 3.05) is 5.32 Å². The Labute approximate surface area is 169 Å². The Hall–Kier alpha value is -3.99. The fourth-order valence-electron chi connectivity index (χ4n) is 2.82. The normalized spacial score (nSPS) is 10.4. The van der Waals surface area contributed by atoms with E-state index in [0.717, 1.165) is 22.5 Å². The summed E-state index contributed by atoms with van der Waals surface area (Å²) in [6.07, 6.45) is 1.46. The number of hydrogen-bond acceptors (Lipinski definition) is 4. The highest BCUT2D eigenvalue weighted by molar-refractivity contribution is 6.04. The van der Waals surface area contributed by atoms with E-state index in [1.165, 1.54) is 6.33 Å². The van der Waals surface area contributed by atoms with Crippen molar-refractivity contribution in [3.8, 4) is 22.9 Å². The van der Waals surface area contributed by atoms with Crippen molar-refractivity contribution < 1.29 is 9.53 Å². The van der Waals surface area contributed by atoms with Crippen LogP contribution in [0.2, 0.25) is 0 Å². The lowest BCUT2D eigenvalue weighted by molar-refractivity contribution is 0.102. The van der Waals surface area contributed by atoms with Gasteiger partial charge in [0.1, 0.15) is 12.1 Å². The molecule has 0 spiro atoms. The molecule has 5 heteroatoms. The van der Waals surface area contributed by atoms with Crippen molar-refractivity contribution in [3.63, 3.8) is 0 Å². The van der Waals surface area contributed by atoms with Gasteiger partial charge in [-0.15, -0.1) is 0 Å². The maximum absolute atomic E-state index is 12.6. The second kappa shape index (κ2) is 8.35. The lowest BCUT2D eigenvalue weighted by Crippen LogP contribution is -2.11. The average molecular weight is 381 g/mol. The van der Waals surface area contributed by atoms with Gasteiger partial charge in [-0.1, -0.05) is 54.1 Å². The maximum Gasteiger partial charge on any atom is 0.255 e. The molecule has 3 aromatic carbocycles. The number of nitrogens with one attached hydrogen (secondary N) is 1. The molecule has 0 saturated carbocycles. The quantitative estimate of drug-likeness (QED) is 0.496. The molecule has 0 aliphatic carbocycles. The molecule has 0 radical (unpaired) electrons. The molecule has 4 aromatic rings. The van der Waals surface area contributed by atoms with Gasteiger partial charge in [-0.05, 0) is 37.3 Å². The van der Waals surface area contributed by atoms with Crippen molar-refractivity contribution in [1.82, 2.24) is 9.97 Å². The highest BCUT2D eigenvalue weighted by atomic mass is 16.5. The van der Waals surface area contributed by atoms with Crippen LogP contribution >= 0.6 is 0 Å². The van der Waals surface area contributed by atoms with Crippen molar-refractivity contribution in [2.45, 2.75) is 6.92 Å². The first-order valence-electron chi connectivity index (χ1n) is 9.21. The molecule has 0 atom stereocenters.